The zero-order valence-electron chi connectivity index (χ0n) is 11.3. The Bertz CT molecular complexity index is 452. The molecule has 1 aromatic rings. The standard InChI is InChI=1S/C15H20N2O2/c1-19-13-8-6-11(7-9-13)15-16-10-14(18)17(15)12-4-2-3-5-12/h6-9,12,15-16H,2-5,10H2,1H3. The zero-order valence-corrected chi connectivity index (χ0v) is 11.3. The fraction of sp³-hybridized carbons (Fsp3) is 0.533. The lowest BCUT2D eigenvalue weighted by Crippen LogP contribution is -2.38. The van der Waals surface area contributed by atoms with Crippen molar-refractivity contribution in [1.29, 1.82) is 0 Å². The highest BCUT2D eigenvalue weighted by molar-refractivity contribution is 5.81. The molecule has 1 amide bonds. The van der Waals surface area contributed by atoms with Crippen LogP contribution in [0.25, 0.3) is 0 Å². The van der Waals surface area contributed by atoms with Crippen LogP contribution in [0.1, 0.15) is 37.4 Å². The van der Waals surface area contributed by atoms with Gasteiger partial charge in [-0.25, -0.2) is 0 Å². The number of carbonyl (C=O) groups excluding carboxylic acids is 1. The average Bonchev–Trinajstić information content (AvgIpc) is 3.08. The number of nitrogens with one attached hydrogen (secondary N) is 1. The molecular weight excluding hydrogens is 240 g/mol. The van der Waals surface area contributed by atoms with Crippen molar-refractivity contribution < 1.29 is 9.53 Å². The number of nitrogens with zero attached hydrogens (tertiary/aromatic N) is 1. The number of benzene rings is 1. The summed E-state index contributed by atoms with van der Waals surface area (Å²) in [4.78, 5) is 14.2. The monoisotopic (exact) mass is 260 g/mol. The molecule has 1 aromatic carbocycles. The largest absolute Gasteiger partial charge is 0.497 e. The van der Waals surface area contributed by atoms with E-state index in [9.17, 15) is 4.79 Å². The minimum Gasteiger partial charge on any atom is -0.497 e. The van der Waals surface area contributed by atoms with E-state index in [1.54, 1.807) is 7.11 Å². The summed E-state index contributed by atoms with van der Waals surface area (Å²) >= 11 is 0. The molecule has 0 aromatic heterocycles. The molecule has 1 heterocycles. The molecule has 0 bridgehead atoms. The molecule has 4 heteroatoms. The summed E-state index contributed by atoms with van der Waals surface area (Å²) in [5, 5.41) is 3.32. The molecule has 1 saturated heterocycles. The first kappa shape index (κ1) is 12.5. The van der Waals surface area contributed by atoms with Gasteiger partial charge in [0.05, 0.1) is 13.7 Å². The number of methoxy groups -OCH3 is 1. The number of carbonyl (C=O) groups is 1. The summed E-state index contributed by atoms with van der Waals surface area (Å²) in [5.74, 6) is 1.08. The number of hydrogen-bond acceptors (Lipinski definition) is 3. The van der Waals surface area contributed by atoms with E-state index in [-0.39, 0.29) is 12.1 Å². The van der Waals surface area contributed by atoms with E-state index in [1.165, 1.54) is 12.8 Å². The molecular formula is C15H20N2O2. The van der Waals surface area contributed by atoms with Crippen LogP contribution in [0.5, 0.6) is 5.75 Å². The van der Waals surface area contributed by atoms with Crippen LogP contribution in [0.15, 0.2) is 24.3 Å². The van der Waals surface area contributed by atoms with Gasteiger partial charge in [0, 0.05) is 6.04 Å². The normalized spacial score (nSPS) is 24.2. The van der Waals surface area contributed by atoms with Crippen molar-refractivity contribution in [2.75, 3.05) is 13.7 Å². The Morgan fingerprint density at radius 3 is 2.53 bits per heavy atom. The van der Waals surface area contributed by atoms with E-state index in [0.29, 0.717) is 12.6 Å². The van der Waals surface area contributed by atoms with Gasteiger partial charge in [0.15, 0.2) is 0 Å². The average molecular weight is 260 g/mol. The van der Waals surface area contributed by atoms with Gasteiger partial charge in [0.2, 0.25) is 5.91 Å². The first-order valence-corrected chi connectivity index (χ1v) is 6.98. The molecule has 102 valence electrons. The number of ether oxygens (including phenoxy) is 1. The topological polar surface area (TPSA) is 41.6 Å². The molecule has 1 aliphatic heterocycles. The predicted octanol–water partition coefficient (Wildman–Crippen LogP) is 2.07. The fourth-order valence-corrected chi connectivity index (χ4v) is 3.18. The maximum atomic E-state index is 12.1. The predicted molar refractivity (Wildman–Crippen MR) is 72.8 cm³/mol. The van der Waals surface area contributed by atoms with E-state index < -0.39 is 0 Å². The Kier molecular flexibility index (Phi) is 3.42. The lowest BCUT2D eigenvalue weighted by atomic mass is 10.1. The van der Waals surface area contributed by atoms with Gasteiger partial charge in [-0.2, -0.15) is 0 Å². The lowest BCUT2D eigenvalue weighted by Gasteiger charge is -2.30. The Morgan fingerprint density at radius 2 is 1.89 bits per heavy atom. The minimum absolute atomic E-state index is 0.0292. The summed E-state index contributed by atoms with van der Waals surface area (Å²) in [5.41, 5.74) is 1.14. The highest BCUT2D eigenvalue weighted by Gasteiger charge is 2.37. The summed E-state index contributed by atoms with van der Waals surface area (Å²) in [7, 11) is 1.66. The van der Waals surface area contributed by atoms with Gasteiger partial charge < -0.3 is 9.64 Å². The van der Waals surface area contributed by atoms with Crippen molar-refractivity contribution in [2.24, 2.45) is 0 Å². The molecule has 1 saturated carbocycles. The summed E-state index contributed by atoms with van der Waals surface area (Å²) in [6.45, 7) is 0.452. The van der Waals surface area contributed by atoms with Crippen molar-refractivity contribution in [3.8, 4) is 5.75 Å². The maximum absolute atomic E-state index is 12.1. The van der Waals surface area contributed by atoms with E-state index in [2.05, 4.69) is 10.2 Å². The van der Waals surface area contributed by atoms with Crippen LogP contribution >= 0.6 is 0 Å². The van der Waals surface area contributed by atoms with Crippen LogP contribution in [0.2, 0.25) is 0 Å². The van der Waals surface area contributed by atoms with Crippen LogP contribution in [-0.4, -0.2) is 30.5 Å². The Hall–Kier alpha value is -1.55. The molecule has 0 radical (unpaired) electrons. The van der Waals surface area contributed by atoms with Crippen molar-refractivity contribution in [2.45, 2.75) is 37.9 Å². The molecule has 2 fully saturated rings. The van der Waals surface area contributed by atoms with Crippen molar-refractivity contribution in [1.82, 2.24) is 10.2 Å². The van der Waals surface area contributed by atoms with Gasteiger partial charge in [-0.1, -0.05) is 25.0 Å². The first-order valence-electron chi connectivity index (χ1n) is 6.98. The Morgan fingerprint density at radius 1 is 1.21 bits per heavy atom. The van der Waals surface area contributed by atoms with Gasteiger partial charge >= 0.3 is 0 Å². The minimum atomic E-state index is 0.0292. The van der Waals surface area contributed by atoms with E-state index >= 15 is 0 Å². The third kappa shape index (κ3) is 2.32. The smallest absolute Gasteiger partial charge is 0.238 e. The van der Waals surface area contributed by atoms with E-state index in [1.807, 2.05) is 24.3 Å². The molecule has 3 rings (SSSR count). The molecule has 1 aliphatic carbocycles. The van der Waals surface area contributed by atoms with Crippen LogP contribution < -0.4 is 10.1 Å². The molecule has 1 unspecified atom stereocenters. The van der Waals surface area contributed by atoms with Gasteiger partial charge in [-0.05, 0) is 30.5 Å². The molecule has 2 aliphatic rings. The Balaban J connectivity index is 1.83. The molecule has 1 atom stereocenters. The van der Waals surface area contributed by atoms with Gasteiger partial charge in [0.25, 0.3) is 0 Å². The van der Waals surface area contributed by atoms with Crippen LogP contribution in [0.4, 0.5) is 0 Å². The van der Waals surface area contributed by atoms with Crippen molar-refractivity contribution in [3.05, 3.63) is 29.8 Å². The number of amides is 1. The Labute approximate surface area is 113 Å². The second-order valence-electron chi connectivity index (χ2n) is 5.30. The third-order valence-electron chi connectivity index (χ3n) is 4.16. The van der Waals surface area contributed by atoms with Crippen LogP contribution in [-0.2, 0) is 4.79 Å². The molecule has 0 spiro atoms. The van der Waals surface area contributed by atoms with E-state index in [0.717, 1.165) is 24.2 Å². The van der Waals surface area contributed by atoms with Crippen LogP contribution in [0, 0.1) is 0 Å². The quantitative estimate of drug-likeness (QED) is 0.904. The van der Waals surface area contributed by atoms with E-state index in [4.69, 9.17) is 4.74 Å². The lowest BCUT2D eigenvalue weighted by molar-refractivity contribution is -0.130. The van der Waals surface area contributed by atoms with Gasteiger partial charge in [0.1, 0.15) is 11.9 Å². The second kappa shape index (κ2) is 5.21. The number of rotatable bonds is 3. The highest BCUT2D eigenvalue weighted by atomic mass is 16.5. The summed E-state index contributed by atoms with van der Waals surface area (Å²) < 4.78 is 5.18. The van der Waals surface area contributed by atoms with Crippen molar-refractivity contribution in [3.63, 3.8) is 0 Å². The van der Waals surface area contributed by atoms with Gasteiger partial charge in [-0.3, -0.25) is 10.1 Å². The van der Waals surface area contributed by atoms with Gasteiger partial charge in [-0.15, -0.1) is 0 Å². The number of hydrogen-bond donors (Lipinski definition) is 1. The maximum Gasteiger partial charge on any atom is 0.238 e. The van der Waals surface area contributed by atoms with Crippen LogP contribution in [0.3, 0.4) is 0 Å². The van der Waals surface area contributed by atoms with Crippen molar-refractivity contribution >= 4 is 5.91 Å². The molecule has 1 N–H and O–H groups in total. The molecule has 4 nitrogen and oxygen atoms in total. The molecule has 19 heavy (non-hydrogen) atoms. The second-order valence-corrected chi connectivity index (χ2v) is 5.30. The highest BCUT2D eigenvalue weighted by Crippen LogP contribution is 2.32. The first-order chi connectivity index (χ1) is 9.29. The zero-order chi connectivity index (χ0) is 13.2. The summed E-state index contributed by atoms with van der Waals surface area (Å²) in [6, 6.07) is 8.39. The third-order valence-corrected chi connectivity index (χ3v) is 4.16. The summed E-state index contributed by atoms with van der Waals surface area (Å²) in [6.07, 6.45) is 4.79. The fourth-order valence-electron chi connectivity index (χ4n) is 3.18. The SMILES string of the molecule is COc1ccc(C2NCC(=O)N2C2CCCC2)cc1.